The second-order valence-electron chi connectivity index (χ2n) is 3.30. The molecule has 0 saturated carbocycles. The number of aliphatic hydroxyl groups excluding tert-OH is 1. The Balaban J connectivity index is 2.52. The molecule has 12 heavy (non-hydrogen) atoms. The summed E-state index contributed by atoms with van der Waals surface area (Å²) < 4.78 is 0. The lowest BCUT2D eigenvalue weighted by Crippen LogP contribution is -2.05. The molecule has 0 aromatic rings. The molecule has 1 N–H and O–H groups in total. The number of aliphatic hydroxyl groups is 1. The van der Waals surface area contributed by atoms with Gasteiger partial charge in [-0.25, -0.2) is 0 Å². The van der Waals surface area contributed by atoms with Gasteiger partial charge >= 0.3 is 0 Å². The molecular formula is C11H18O. The molecule has 0 saturated heterocycles. The van der Waals surface area contributed by atoms with Crippen molar-refractivity contribution in [1.29, 1.82) is 0 Å². The fourth-order valence-corrected chi connectivity index (χ4v) is 1.70. The monoisotopic (exact) mass is 166 g/mol. The van der Waals surface area contributed by atoms with Gasteiger partial charge in [0.05, 0.1) is 0 Å². The van der Waals surface area contributed by atoms with Crippen molar-refractivity contribution in [3.8, 4) is 0 Å². The van der Waals surface area contributed by atoms with Crippen LogP contribution < -0.4 is 0 Å². The molecule has 1 nitrogen and oxygen atoms in total. The van der Waals surface area contributed by atoms with Gasteiger partial charge in [0.15, 0.2) is 0 Å². The van der Waals surface area contributed by atoms with Crippen LogP contribution in [-0.2, 0) is 0 Å². The first-order valence-corrected chi connectivity index (χ1v) is 4.86. The summed E-state index contributed by atoms with van der Waals surface area (Å²) in [6.07, 6.45) is 11.2. The maximum absolute atomic E-state index is 8.85. The average molecular weight is 166 g/mol. The minimum absolute atomic E-state index is 0.309. The molecule has 1 aliphatic rings. The van der Waals surface area contributed by atoms with Crippen LogP contribution in [0.5, 0.6) is 0 Å². The van der Waals surface area contributed by atoms with Gasteiger partial charge in [0.25, 0.3) is 0 Å². The van der Waals surface area contributed by atoms with E-state index >= 15 is 0 Å². The minimum atomic E-state index is 0.309. The fourth-order valence-electron chi connectivity index (χ4n) is 1.70. The molecule has 0 aliphatic heterocycles. The van der Waals surface area contributed by atoms with Crippen molar-refractivity contribution < 1.29 is 5.11 Å². The summed E-state index contributed by atoms with van der Waals surface area (Å²) >= 11 is 0. The van der Waals surface area contributed by atoms with Gasteiger partial charge in [-0.2, -0.15) is 0 Å². The molecular weight excluding hydrogens is 148 g/mol. The van der Waals surface area contributed by atoms with E-state index < -0.39 is 0 Å². The Labute approximate surface area is 74.8 Å². The summed E-state index contributed by atoms with van der Waals surface area (Å²) in [4.78, 5) is 0. The van der Waals surface area contributed by atoms with Crippen LogP contribution in [0.15, 0.2) is 23.8 Å². The molecule has 1 aliphatic carbocycles. The topological polar surface area (TPSA) is 20.2 Å². The molecule has 0 amide bonds. The molecule has 68 valence electrons. The van der Waals surface area contributed by atoms with Crippen LogP contribution in [-0.4, -0.2) is 11.7 Å². The summed E-state index contributed by atoms with van der Waals surface area (Å²) in [6, 6.07) is 0. The summed E-state index contributed by atoms with van der Waals surface area (Å²) in [5.41, 5.74) is 1.43. The van der Waals surface area contributed by atoms with Gasteiger partial charge < -0.3 is 5.11 Å². The third-order valence-corrected chi connectivity index (χ3v) is 2.47. The van der Waals surface area contributed by atoms with E-state index in [0.29, 0.717) is 12.5 Å². The minimum Gasteiger partial charge on any atom is -0.396 e. The molecule has 0 bridgehead atoms. The molecule has 0 radical (unpaired) electrons. The van der Waals surface area contributed by atoms with Crippen LogP contribution >= 0.6 is 0 Å². The summed E-state index contributed by atoms with van der Waals surface area (Å²) in [5, 5.41) is 8.85. The predicted octanol–water partition coefficient (Wildman–Crippen LogP) is 2.67. The average Bonchev–Trinajstić information content (AvgIpc) is 2.15. The molecule has 0 spiro atoms. The SMILES string of the molecule is CCC(CCO)C1=CCCC=C1. The number of hydrogen-bond donors (Lipinski definition) is 1. The molecule has 1 heteroatoms. The second kappa shape index (κ2) is 5.15. The lowest BCUT2D eigenvalue weighted by Gasteiger charge is -2.17. The van der Waals surface area contributed by atoms with E-state index in [9.17, 15) is 0 Å². The van der Waals surface area contributed by atoms with E-state index in [1.165, 1.54) is 18.4 Å². The zero-order valence-electron chi connectivity index (χ0n) is 7.79. The second-order valence-corrected chi connectivity index (χ2v) is 3.30. The Hall–Kier alpha value is -0.560. The molecule has 0 heterocycles. The van der Waals surface area contributed by atoms with Crippen molar-refractivity contribution >= 4 is 0 Å². The third-order valence-electron chi connectivity index (χ3n) is 2.47. The Morgan fingerprint density at radius 3 is 2.83 bits per heavy atom. The van der Waals surface area contributed by atoms with Gasteiger partial charge in [0.2, 0.25) is 0 Å². The summed E-state index contributed by atoms with van der Waals surface area (Å²) in [6.45, 7) is 2.49. The quantitative estimate of drug-likeness (QED) is 0.680. The zero-order valence-corrected chi connectivity index (χ0v) is 7.79. The summed E-state index contributed by atoms with van der Waals surface area (Å²) in [5.74, 6) is 0.576. The highest BCUT2D eigenvalue weighted by atomic mass is 16.3. The Morgan fingerprint density at radius 1 is 1.50 bits per heavy atom. The zero-order chi connectivity index (χ0) is 8.81. The Morgan fingerprint density at radius 2 is 2.33 bits per heavy atom. The normalized spacial score (nSPS) is 19.0. The van der Waals surface area contributed by atoms with Crippen molar-refractivity contribution in [2.24, 2.45) is 5.92 Å². The molecule has 0 aromatic carbocycles. The first kappa shape index (κ1) is 9.53. The third kappa shape index (κ3) is 2.49. The van der Waals surface area contributed by atoms with Gasteiger partial charge in [-0.15, -0.1) is 0 Å². The maximum atomic E-state index is 8.85. The van der Waals surface area contributed by atoms with E-state index in [-0.39, 0.29) is 0 Å². The van der Waals surface area contributed by atoms with Crippen LogP contribution in [0.1, 0.15) is 32.6 Å². The van der Waals surface area contributed by atoms with Crippen molar-refractivity contribution in [2.75, 3.05) is 6.61 Å². The lowest BCUT2D eigenvalue weighted by atomic mass is 9.90. The molecule has 0 fully saturated rings. The van der Waals surface area contributed by atoms with Crippen molar-refractivity contribution in [3.63, 3.8) is 0 Å². The molecule has 1 rings (SSSR count). The van der Waals surface area contributed by atoms with E-state index in [2.05, 4.69) is 25.2 Å². The van der Waals surface area contributed by atoms with Gasteiger partial charge in [-0.1, -0.05) is 25.2 Å². The first-order valence-electron chi connectivity index (χ1n) is 4.86. The maximum Gasteiger partial charge on any atom is 0.0436 e. The predicted molar refractivity (Wildman–Crippen MR) is 51.9 cm³/mol. The first-order chi connectivity index (χ1) is 5.88. The highest BCUT2D eigenvalue weighted by molar-refractivity contribution is 5.24. The number of allylic oxidation sites excluding steroid dienone is 4. The number of hydrogen-bond acceptors (Lipinski definition) is 1. The van der Waals surface area contributed by atoms with E-state index in [4.69, 9.17) is 5.11 Å². The molecule has 1 atom stereocenters. The van der Waals surface area contributed by atoms with Crippen LogP contribution in [0.2, 0.25) is 0 Å². The van der Waals surface area contributed by atoms with Gasteiger partial charge in [0.1, 0.15) is 0 Å². The van der Waals surface area contributed by atoms with E-state index in [0.717, 1.165) is 12.8 Å². The summed E-state index contributed by atoms with van der Waals surface area (Å²) in [7, 11) is 0. The van der Waals surface area contributed by atoms with E-state index in [1.54, 1.807) is 0 Å². The van der Waals surface area contributed by atoms with Gasteiger partial charge in [-0.05, 0) is 37.2 Å². The molecule has 0 aromatic heterocycles. The Bertz CT molecular complexity index is 179. The standard InChI is InChI=1S/C11H18O/c1-2-10(8-9-12)11-6-4-3-5-7-11/h4,6-7,10,12H,2-3,5,8-9H2,1H3. The van der Waals surface area contributed by atoms with Crippen LogP contribution in [0.25, 0.3) is 0 Å². The van der Waals surface area contributed by atoms with Crippen LogP contribution in [0.4, 0.5) is 0 Å². The highest BCUT2D eigenvalue weighted by Gasteiger charge is 2.10. The van der Waals surface area contributed by atoms with Gasteiger partial charge in [0, 0.05) is 6.61 Å². The van der Waals surface area contributed by atoms with Crippen LogP contribution in [0, 0.1) is 5.92 Å². The van der Waals surface area contributed by atoms with Crippen molar-refractivity contribution in [2.45, 2.75) is 32.6 Å². The fraction of sp³-hybridized carbons (Fsp3) is 0.636. The van der Waals surface area contributed by atoms with Crippen LogP contribution in [0.3, 0.4) is 0 Å². The smallest absolute Gasteiger partial charge is 0.0436 e. The van der Waals surface area contributed by atoms with Crippen molar-refractivity contribution in [3.05, 3.63) is 23.8 Å². The van der Waals surface area contributed by atoms with E-state index in [1.807, 2.05) is 0 Å². The largest absolute Gasteiger partial charge is 0.396 e. The lowest BCUT2D eigenvalue weighted by molar-refractivity contribution is 0.266. The highest BCUT2D eigenvalue weighted by Crippen LogP contribution is 2.23. The van der Waals surface area contributed by atoms with Gasteiger partial charge in [-0.3, -0.25) is 0 Å². The molecule has 1 unspecified atom stereocenters. The Kier molecular flexibility index (Phi) is 4.09. The van der Waals surface area contributed by atoms with Crippen molar-refractivity contribution in [1.82, 2.24) is 0 Å². The number of rotatable bonds is 4.